The summed E-state index contributed by atoms with van der Waals surface area (Å²) < 4.78 is 18.2. The van der Waals surface area contributed by atoms with Crippen molar-refractivity contribution in [3.63, 3.8) is 0 Å². The molecule has 0 aliphatic carbocycles. The molecule has 0 saturated carbocycles. The average molecular weight is 227 g/mol. The monoisotopic (exact) mass is 227 g/mol. The van der Waals surface area contributed by atoms with E-state index in [4.69, 9.17) is 9.84 Å². The fourth-order valence-corrected chi connectivity index (χ4v) is 1.42. The highest BCUT2D eigenvalue weighted by Crippen LogP contribution is 2.12. The summed E-state index contributed by atoms with van der Waals surface area (Å²) in [5, 5.41) is 12.1. The Morgan fingerprint density at radius 3 is 2.94 bits per heavy atom. The second-order valence-electron chi connectivity index (χ2n) is 3.53. The van der Waals surface area contributed by atoms with Crippen LogP contribution in [0.1, 0.15) is 13.3 Å². The highest BCUT2D eigenvalue weighted by molar-refractivity contribution is 5.22. The summed E-state index contributed by atoms with van der Waals surface area (Å²) in [4.78, 5) is 0. The van der Waals surface area contributed by atoms with Crippen LogP contribution in [0.5, 0.6) is 5.75 Å². The Hall–Kier alpha value is -1.13. The Bertz CT molecular complexity index is 307. The predicted octanol–water partition coefficient (Wildman–Crippen LogP) is 1.56. The summed E-state index contributed by atoms with van der Waals surface area (Å²) in [6, 6.07) is 6.09. The number of aliphatic hydroxyl groups is 1. The van der Waals surface area contributed by atoms with Gasteiger partial charge in [0, 0.05) is 12.1 Å². The highest BCUT2D eigenvalue weighted by atomic mass is 19.1. The normalized spacial score (nSPS) is 12.4. The number of rotatable bonds is 7. The van der Waals surface area contributed by atoms with Crippen LogP contribution in [0.25, 0.3) is 0 Å². The fraction of sp³-hybridized carbons (Fsp3) is 0.500. The summed E-state index contributed by atoms with van der Waals surface area (Å²) in [5.41, 5.74) is 0. The summed E-state index contributed by atoms with van der Waals surface area (Å²) >= 11 is 0. The lowest BCUT2D eigenvalue weighted by atomic mass is 10.2. The van der Waals surface area contributed by atoms with Crippen molar-refractivity contribution in [3.8, 4) is 5.75 Å². The molecule has 3 nitrogen and oxygen atoms in total. The zero-order chi connectivity index (χ0) is 11.8. The minimum Gasteiger partial charge on any atom is -0.493 e. The van der Waals surface area contributed by atoms with E-state index in [1.165, 1.54) is 12.1 Å². The van der Waals surface area contributed by atoms with E-state index in [-0.39, 0.29) is 18.5 Å². The van der Waals surface area contributed by atoms with Crippen LogP contribution in [-0.4, -0.2) is 30.9 Å². The molecule has 90 valence electrons. The summed E-state index contributed by atoms with van der Waals surface area (Å²) in [5.74, 6) is 0.219. The van der Waals surface area contributed by atoms with Gasteiger partial charge in [-0.3, -0.25) is 0 Å². The molecule has 0 aliphatic heterocycles. The van der Waals surface area contributed by atoms with Gasteiger partial charge in [-0.05, 0) is 25.1 Å². The Labute approximate surface area is 95.2 Å². The largest absolute Gasteiger partial charge is 0.493 e. The van der Waals surface area contributed by atoms with Crippen molar-refractivity contribution in [2.45, 2.75) is 19.4 Å². The minimum absolute atomic E-state index is 0.0403. The molecule has 0 fully saturated rings. The Morgan fingerprint density at radius 2 is 2.31 bits per heavy atom. The van der Waals surface area contributed by atoms with Crippen molar-refractivity contribution < 1.29 is 14.2 Å². The lowest BCUT2D eigenvalue weighted by molar-refractivity contribution is 0.210. The van der Waals surface area contributed by atoms with E-state index in [0.717, 1.165) is 6.54 Å². The molecule has 0 aromatic heterocycles. The van der Waals surface area contributed by atoms with E-state index in [1.54, 1.807) is 12.1 Å². The second kappa shape index (κ2) is 7.19. The molecule has 1 rings (SSSR count). The van der Waals surface area contributed by atoms with Crippen molar-refractivity contribution >= 4 is 0 Å². The maximum Gasteiger partial charge on any atom is 0.126 e. The van der Waals surface area contributed by atoms with Gasteiger partial charge in [-0.2, -0.15) is 0 Å². The Kier molecular flexibility index (Phi) is 5.82. The Balaban J connectivity index is 2.29. The van der Waals surface area contributed by atoms with Gasteiger partial charge in [0.05, 0.1) is 13.2 Å². The van der Waals surface area contributed by atoms with E-state index in [9.17, 15) is 4.39 Å². The van der Waals surface area contributed by atoms with Crippen LogP contribution in [0.4, 0.5) is 4.39 Å². The summed E-state index contributed by atoms with van der Waals surface area (Å²) in [7, 11) is 0. The van der Waals surface area contributed by atoms with Crippen molar-refractivity contribution in [2.75, 3.05) is 19.8 Å². The Morgan fingerprint density at radius 1 is 1.50 bits per heavy atom. The molecule has 0 bridgehead atoms. The topological polar surface area (TPSA) is 41.5 Å². The smallest absolute Gasteiger partial charge is 0.126 e. The molecule has 0 saturated heterocycles. The highest BCUT2D eigenvalue weighted by Gasteiger charge is 2.05. The van der Waals surface area contributed by atoms with E-state index in [2.05, 4.69) is 5.32 Å². The number of hydrogen-bond acceptors (Lipinski definition) is 3. The van der Waals surface area contributed by atoms with E-state index in [0.29, 0.717) is 18.8 Å². The molecular formula is C12H18FNO2. The van der Waals surface area contributed by atoms with E-state index < -0.39 is 0 Å². The van der Waals surface area contributed by atoms with Crippen LogP contribution < -0.4 is 10.1 Å². The molecular weight excluding hydrogens is 209 g/mol. The van der Waals surface area contributed by atoms with Gasteiger partial charge in [0.15, 0.2) is 0 Å². The molecule has 1 unspecified atom stereocenters. The van der Waals surface area contributed by atoms with Gasteiger partial charge < -0.3 is 15.2 Å². The first-order valence-corrected chi connectivity index (χ1v) is 5.49. The van der Waals surface area contributed by atoms with Crippen LogP contribution >= 0.6 is 0 Å². The SMILES string of the molecule is CCNC(CO)CCOc1cccc(F)c1. The van der Waals surface area contributed by atoms with Crippen LogP contribution in [0, 0.1) is 5.82 Å². The van der Waals surface area contributed by atoms with Crippen molar-refractivity contribution in [3.05, 3.63) is 30.1 Å². The predicted molar refractivity (Wildman–Crippen MR) is 61.1 cm³/mol. The molecule has 1 aromatic carbocycles. The maximum atomic E-state index is 12.8. The summed E-state index contributed by atoms with van der Waals surface area (Å²) in [6.07, 6.45) is 0.695. The molecule has 0 amide bonds. The van der Waals surface area contributed by atoms with Crippen LogP contribution in [-0.2, 0) is 0 Å². The molecule has 0 spiro atoms. The third kappa shape index (κ3) is 4.59. The zero-order valence-electron chi connectivity index (χ0n) is 9.45. The van der Waals surface area contributed by atoms with Crippen molar-refractivity contribution in [2.24, 2.45) is 0 Å². The quantitative estimate of drug-likeness (QED) is 0.743. The van der Waals surface area contributed by atoms with Crippen LogP contribution in [0.2, 0.25) is 0 Å². The first kappa shape index (κ1) is 12.9. The van der Waals surface area contributed by atoms with Crippen molar-refractivity contribution in [1.29, 1.82) is 0 Å². The molecule has 4 heteroatoms. The van der Waals surface area contributed by atoms with Gasteiger partial charge in [-0.15, -0.1) is 0 Å². The molecule has 1 atom stereocenters. The number of nitrogens with one attached hydrogen (secondary N) is 1. The number of hydrogen-bond donors (Lipinski definition) is 2. The summed E-state index contributed by atoms with van der Waals surface area (Å²) in [6.45, 7) is 3.34. The van der Waals surface area contributed by atoms with Crippen LogP contribution in [0.3, 0.4) is 0 Å². The lowest BCUT2D eigenvalue weighted by Crippen LogP contribution is -2.33. The number of aliphatic hydroxyl groups excluding tert-OH is 1. The first-order valence-electron chi connectivity index (χ1n) is 5.49. The number of benzene rings is 1. The van der Waals surface area contributed by atoms with Gasteiger partial charge >= 0.3 is 0 Å². The van der Waals surface area contributed by atoms with Crippen molar-refractivity contribution in [1.82, 2.24) is 5.32 Å². The maximum absolute atomic E-state index is 12.8. The standard InChI is InChI=1S/C12H18FNO2/c1-2-14-11(9-15)6-7-16-12-5-3-4-10(13)8-12/h3-5,8,11,14-15H,2,6-7,9H2,1H3. The molecule has 1 aromatic rings. The van der Waals surface area contributed by atoms with Gasteiger partial charge in [-0.25, -0.2) is 4.39 Å². The van der Waals surface area contributed by atoms with Gasteiger partial charge in [0.25, 0.3) is 0 Å². The van der Waals surface area contributed by atoms with Crippen LogP contribution in [0.15, 0.2) is 24.3 Å². The molecule has 0 radical (unpaired) electrons. The number of halogens is 1. The lowest BCUT2D eigenvalue weighted by Gasteiger charge is -2.15. The van der Waals surface area contributed by atoms with E-state index >= 15 is 0 Å². The van der Waals surface area contributed by atoms with Gasteiger partial charge in [-0.1, -0.05) is 13.0 Å². The molecule has 0 heterocycles. The number of likely N-dealkylation sites (N-methyl/N-ethyl adjacent to an activating group) is 1. The molecule has 2 N–H and O–H groups in total. The second-order valence-corrected chi connectivity index (χ2v) is 3.53. The third-order valence-corrected chi connectivity index (χ3v) is 2.24. The van der Waals surface area contributed by atoms with Gasteiger partial charge in [0.2, 0.25) is 0 Å². The van der Waals surface area contributed by atoms with Gasteiger partial charge in [0.1, 0.15) is 11.6 Å². The average Bonchev–Trinajstić information content (AvgIpc) is 2.28. The first-order chi connectivity index (χ1) is 7.76. The molecule has 16 heavy (non-hydrogen) atoms. The third-order valence-electron chi connectivity index (χ3n) is 2.24. The molecule has 0 aliphatic rings. The van der Waals surface area contributed by atoms with E-state index in [1.807, 2.05) is 6.92 Å². The fourth-order valence-electron chi connectivity index (χ4n) is 1.42. The number of ether oxygens (including phenoxy) is 1. The minimum atomic E-state index is -0.303. The zero-order valence-corrected chi connectivity index (χ0v) is 9.45.